The summed E-state index contributed by atoms with van der Waals surface area (Å²) in [7, 11) is 0. The molecule has 4 heteroatoms. The highest BCUT2D eigenvalue weighted by Crippen LogP contribution is 2.38. The molecule has 0 spiro atoms. The highest BCUT2D eigenvalue weighted by molar-refractivity contribution is 7.22. The van der Waals surface area contributed by atoms with Crippen molar-refractivity contribution in [3.63, 3.8) is 0 Å². The summed E-state index contributed by atoms with van der Waals surface area (Å²) in [5, 5.41) is 2.97. The van der Waals surface area contributed by atoms with Gasteiger partial charge in [0.1, 0.15) is 5.65 Å². The van der Waals surface area contributed by atoms with Crippen molar-refractivity contribution in [2.24, 2.45) is 0 Å². The van der Waals surface area contributed by atoms with E-state index in [0.29, 0.717) is 0 Å². The highest BCUT2D eigenvalue weighted by Gasteiger charge is 2.11. The highest BCUT2D eigenvalue weighted by atomic mass is 35.5. The zero-order chi connectivity index (χ0) is 12.8. The number of nitrogens with zero attached hydrogens (tertiary/aromatic N) is 1. The van der Waals surface area contributed by atoms with Crippen molar-refractivity contribution in [1.82, 2.24) is 9.97 Å². The topological polar surface area (TPSA) is 28.7 Å². The number of H-pyrrole nitrogens is 1. The van der Waals surface area contributed by atoms with Crippen LogP contribution < -0.4 is 0 Å². The minimum Gasteiger partial charge on any atom is -0.346 e. The Balaban J connectivity index is 2.00. The van der Waals surface area contributed by atoms with E-state index in [0.717, 1.165) is 26.5 Å². The molecule has 1 N–H and O–H groups in total. The summed E-state index contributed by atoms with van der Waals surface area (Å²) < 4.78 is 1.27. The van der Waals surface area contributed by atoms with E-state index in [2.05, 4.69) is 34.2 Å². The SMILES string of the molecule is Clc1c(-c2cc3ccccc3s2)cnc2[nH]ccc12. The quantitative estimate of drug-likeness (QED) is 0.518. The van der Waals surface area contributed by atoms with E-state index in [1.807, 2.05) is 24.5 Å². The van der Waals surface area contributed by atoms with E-state index in [4.69, 9.17) is 11.6 Å². The van der Waals surface area contributed by atoms with Crippen LogP contribution in [0.25, 0.3) is 31.6 Å². The maximum atomic E-state index is 6.49. The second kappa shape index (κ2) is 4.08. The van der Waals surface area contributed by atoms with Gasteiger partial charge in [0.2, 0.25) is 0 Å². The fraction of sp³-hybridized carbons (Fsp3) is 0. The second-order valence-electron chi connectivity index (χ2n) is 4.37. The number of rotatable bonds is 1. The number of halogens is 1. The lowest BCUT2D eigenvalue weighted by molar-refractivity contribution is 1.33. The molecule has 92 valence electrons. The molecular weight excluding hydrogens is 276 g/mol. The van der Waals surface area contributed by atoms with Crippen molar-refractivity contribution >= 4 is 44.1 Å². The number of thiophene rings is 1. The number of aromatic nitrogens is 2. The molecule has 0 radical (unpaired) electrons. The lowest BCUT2D eigenvalue weighted by Gasteiger charge is -2.01. The average Bonchev–Trinajstić information content (AvgIpc) is 3.05. The number of hydrogen-bond donors (Lipinski definition) is 1. The summed E-state index contributed by atoms with van der Waals surface area (Å²) in [4.78, 5) is 8.64. The van der Waals surface area contributed by atoms with Gasteiger partial charge in [0.25, 0.3) is 0 Å². The predicted molar refractivity (Wildman–Crippen MR) is 81.9 cm³/mol. The van der Waals surface area contributed by atoms with Crippen molar-refractivity contribution in [3.8, 4) is 10.4 Å². The number of hydrogen-bond acceptors (Lipinski definition) is 2. The van der Waals surface area contributed by atoms with Crippen molar-refractivity contribution in [3.05, 3.63) is 53.8 Å². The number of fused-ring (bicyclic) bond motifs is 2. The fourth-order valence-electron chi connectivity index (χ4n) is 2.26. The first-order valence-corrected chi connectivity index (χ1v) is 7.13. The Hall–Kier alpha value is -1.84. The lowest BCUT2D eigenvalue weighted by atomic mass is 10.2. The molecule has 0 aliphatic rings. The van der Waals surface area contributed by atoms with Crippen molar-refractivity contribution in [2.45, 2.75) is 0 Å². The lowest BCUT2D eigenvalue weighted by Crippen LogP contribution is -1.81. The minimum absolute atomic E-state index is 0.762. The summed E-state index contributed by atoms with van der Waals surface area (Å²) in [6.45, 7) is 0. The molecule has 4 aromatic rings. The molecule has 0 aliphatic heterocycles. The van der Waals surface area contributed by atoms with Crippen LogP contribution in [-0.2, 0) is 0 Å². The molecule has 0 atom stereocenters. The Morgan fingerprint density at radius 2 is 2.05 bits per heavy atom. The van der Waals surface area contributed by atoms with Crippen molar-refractivity contribution in [2.75, 3.05) is 0 Å². The van der Waals surface area contributed by atoms with Crippen molar-refractivity contribution in [1.29, 1.82) is 0 Å². The molecule has 19 heavy (non-hydrogen) atoms. The van der Waals surface area contributed by atoms with Gasteiger partial charge in [0.15, 0.2) is 0 Å². The Labute approximate surface area is 118 Å². The zero-order valence-corrected chi connectivity index (χ0v) is 11.4. The average molecular weight is 285 g/mol. The maximum Gasteiger partial charge on any atom is 0.138 e. The molecule has 0 saturated heterocycles. The van der Waals surface area contributed by atoms with Crippen LogP contribution in [0.1, 0.15) is 0 Å². The summed E-state index contributed by atoms with van der Waals surface area (Å²) >= 11 is 8.23. The molecule has 0 aliphatic carbocycles. The van der Waals surface area contributed by atoms with Crippen LogP contribution in [0.3, 0.4) is 0 Å². The number of pyridine rings is 1. The monoisotopic (exact) mass is 284 g/mol. The number of benzene rings is 1. The molecule has 0 saturated carbocycles. The Kier molecular flexibility index (Phi) is 2.37. The van der Waals surface area contributed by atoms with Gasteiger partial charge in [-0.1, -0.05) is 29.8 Å². The van der Waals surface area contributed by atoms with Gasteiger partial charge in [0.05, 0.1) is 5.02 Å². The summed E-state index contributed by atoms with van der Waals surface area (Å²) in [5.41, 5.74) is 1.82. The molecular formula is C15H9ClN2S. The molecule has 0 fully saturated rings. The molecule has 0 unspecified atom stereocenters. The molecule has 3 aromatic heterocycles. The summed E-state index contributed by atoms with van der Waals surface area (Å²) in [6, 6.07) is 12.5. The Morgan fingerprint density at radius 3 is 2.95 bits per heavy atom. The molecule has 4 rings (SSSR count). The number of aromatic amines is 1. The molecule has 3 heterocycles. The predicted octanol–water partition coefficient (Wildman–Crippen LogP) is 5.10. The maximum absolute atomic E-state index is 6.49. The van der Waals surface area contributed by atoms with Crippen molar-refractivity contribution < 1.29 is 0 Å². The first-order chi connectivity index (χ1) is 9.33. The largest absolute Gasteiger partial charge is 0.346 e. The third kappa shape index (κ3) is 1.66. The van der Waals surface area contributed by atoms with Crippen LogP contribution in [-0.4, -0.2) is 9.97 Å². The van der Waals surface area contributed by atoms with Gasteiger partial charge in [-0.15, -0.1) is 11.3 Å². The normalized spacial score (nSPS) is 11.4. The first-order valence-electron chi connectivity index (χ1n) is 5.93. The van der Waals surface area contributed by atoms with Gasteiger partial charge in [-0.25, -0.2) is 4.98 Å². The molecule has 2 nitrogen and oxygen atoms in total. The molecule has 0 amide bonds. The smallest absolute Gasteiger partial charge is 0.138 e. The standard InChI is InChI=1S/C15H9ClN2S/c16-14-10-5-6-17-15(10)18-8-11(14)13-7-9-3-1-2-4-12(9)19-13/h1-8H,(H,17,18). The second-order valence-corrected chi connectivity index (χ2v) is 5.84. The van der Waals surface area contributed by atoms with Crippen LogP contribution in [0, 0.1) is 0 Å². The zero-order valence-electron chi connectivity index (χ0n) is 9.85. The van der Waals surface area contributed by atoms with Crippen LogP contribution in [0.5, 0.6) is 0 Å². The van der Waals surface area contributed by atoms with Gasteiger partial charge in [0, 0.05) is 32.9 Å². The summed E-state index contributed by atoms with van der Waals surface area (Å²) in [5.74, 6) is 0. The van der Waals surface area contributed by atoms with Gasteiger partial charge in [-0.2, -0.15) is 0 Å². The van der Waals surface area contributed by atoms with Gasteiger partial charge >= 0.3 is 0 Å². The Bertz CT molecular complexity index is 858. The van der Waals surface area contributed by atoms with E-state index >= 15 is 0 Å². The fourth-order valence-corrected chi connectivity index (χ4v) is 3.70. The van der Waals surface area contributed by atoms with E-state index < -0.39 is 0 Å². The minimum atomic E-state index is 0.762. The van der Waals surface area contributed by atoms with Crippen LogP contribution in [0.4, 0.5) is 0 Å². The van der Waals surface area contributed by atoms with Gasteiger partial charge in [-0.05, 0) is 23.6 Å². The van der Waals surface area contributed by atoms with Crippen LogP contribution in [0.2, 0.25) is 5.02 Å². The van der Waals surface area contributed by atoms with E-state index in [-0.39, 0.29) is 0 Å². The third-order valence-corrected chi connectivity index (χ3v) is 4.77. The molecule has 1 aromatic carbocycles. The third-order valence-electron chi connectivity index (χ3n) is 3.21. The van der Waals surface area contributed by atoms with Gasteiger partial charge < -0.3 is 4.98 Å². The summed E-state index contributed by atoms with van der Waals surface area (Å²) in [6.07, 6.45) is 3.70. The first kappa shape index (κ1) is 11.0. The Morgan fingerprint density at radius 1 is 1.16 bits per heavy atom. The van der Waals surface area contributed by atoms with E-state index in [1.54, 1.807) is 11.3 Å². The number of nitrogens with one attached hydrogen (secondary N) is 1. The van der Waals surface area contributed by atoms with E-state index in [1.165, 1.54) is 10.1 Å². The van der Waals surface area contributed by atoms with Gasteiger partial charge in [-0.3, -0.25) is 0 Å². The van der Waals surface area contributed by atoms with Crippen LogP contribution in [0.15, 0.2) is 48.8 Å². The molecule has 0 bridgehead atoms. The van der Waals surface area contributed by atoms with Crippen LogP contribution >= 0.6 is 22.9 Å². The van der Waals surface area contributed by atoms with E-state index in [9.17, 15) is 0 Å².